The van der Waals surface area contributed by atoms with E-state index in [1.165, 1.54) is 12.8 Å². The Kier molecular flexibility index (Phi) is 4.36. The lowest BCUT2D eigenvalue weighted by Crippen LogP contribution is -2.37. The van der Waals surface area contributed by atoms with Gasteiger partial charge in [0.05, 0.1) is 0 Å². The molecule has 0 bridgehead atoms. The van der Waals surface area contributed by atoms with Gasteiger partial charge >= 0.3 is 0 Å². The van der Waals surface area contributed by atoms with Crippen molar-refractivity contribution in [2.24, 2.45) is 11.7 Å². The molecule has 0 spiro atoms. The van der Waals surface area contributed by atoms with Crippen molar-refractivity contribution < 1.29 is 0 Å². The molecule has 1 aromatic rings. The highest BCUT2D eigenvalue weighted by Crippen LogP contribution is 2.23. The minimum Gasteiger partial charge on any atom is -0.356 e. The molecule has 0 saturated carbocycles. The highest BCUT2D eigenvalue weighted by molar-refractivity contribution is 5.43. The second-order valence-corrected chi connectivity index (χ2v) is 5.14. The van der Waals surface area contributed by atoms with Gasteiger partial charge in [-0.05, 0) is 37.8 Å². The smallest absolute Gasteiger partial charge is 0.226 e. The fourth-order valence-corrected chi connectivity index (χ4v) is 2.48. The quantitative estimate of drug-likeness (QED) is 0.866. The van der Waals surface area contributed by atoms with Gasteiger partial charge in [-0.25, -0.2) is 4.98 Å². The topological polar surface area (TPSA) is 58.3 Å². The van der Waals surface area contributed by atoms with Crippen molar-refractivity contribution >= 4 is 11.8 Å². The van der Waals surface area contributed by atoms with Crippen LogP contribution in [0.15, 0.2) is 12.3 Å². The van der Waals surface area contributed by atoms with Crippen molar-refractivity contribution in [3.05, 3.63) is 12.3 Å². The van der Waals surface area contributed by atoms with E-state index in [1.807, 2.05) is 31.3 Å². The molecule has 5 nitrogen and oxygen atoms in total. The van der Waals surface area contributed by atoms with Gasteiger partial charge in [0.25, 0.3) is 0 Å². The zero-order valence-electron chi connectivity index (χ0n) is 11.3. The van der Waals surface area contributed by atoms with Gasteiger partial charge in [-0.1, -0.05) is 0 Å². The number of rotatable bonds is 4. The van der Waals surface area contributed by atoms with Crippen LogP contribution in [0.3, 0.4) is 0 Å². The predicted molar refractivity (Wildman–Crippen MR) is 75.0 cm³/mol. The number of aromatic nitrogens is 2. The third-order valence-electron chi connectivity index (χ3n) is 3.45. The van der Waals surface area contributed by atoms with Gasteiger partial charge in [-0.15, -0.1) is 0 Å². The highest BCUT2D eigenvalue weighted by atomic mass is 15.3. The second kappa shape index (κ2) is 6.00. The summed E-state index contributed by atoms with van der Waals surface area (Å²) in [6.45, 7) is 2.94. The van der Waals surface area contributed by atoms with Crippen LogP contribution < -0.4 is 15.5 Å². The molecule has 1 fully saturated rings. The van der Waals surface area contributed by atoms with E-state index in [-0.39, 0.29) is 0 Å². The van der Waals surface area contributed by atoms with Crippen LogP contribution in [0.1, 0.15) is 19.3 Å². The molecule has 1 saturated heterocycles. The second-order valence-electron chi connectivity index (χ2n) is 5.14. The summed E-state index contributed by atoms with van der Waals surface area (Å²) in [5.74, 6) is 2.52. The summed E-state index contributed by atoms with van der Waals surface area (Å²) >= 11 is 0. The summed E-state index contributed by atoms with van der Waals surface area (Å²) < 4.78 is 0. The summed E-state index contributed by atoms with van der Waals surface area (Å²) in [5.41, 5.74) is 5.66. The fraction of sp³-hybridized carbons (Fsp3) is 0.692. The summed E-state index contributed by atoms with van der Waals surface area (Å²) in [7, 11) is 3.93. The lowest BCUT2D eigenvalue weighted by atomic mass is 9.95. The van der Waals surface area contributed by atoms with Crippen LogP contribution in [-0.2, 0) is 0 Å². The van der Waals surface area contributed by atoms with Gasteiger partial charge < -0.3 is 15.5 Å². The molecule has 1 aliphatic rings. The molecule has 1 aliphatic heterocycles. The summed E-state index contributed by atoms with van der Waals surface area (Å²) in [6, 6.07) is 2.00. The first-order valence-electron chi connectivity index (χ1n) is 6.66. The molecule has 0 aromatic carbocycles. The first kappa shape index (κ1) is 13.1. The molecule has 0 aliphatic carbocycles. The first-order valence-corrected chi connectivity index (χ1v) is 6.66. The van der Waals surface area contributed by atoms with Crippen LogP contribution in [0.2, 0.25) is 0 Å². The molecule has 2 rings (SSSR count). The molecule has 0 radical (unpaired) electrons. The maximum Gasteiger partial charge on any atom is 0.226 e. The van der Waals surface area contributed by atoms with Gasteiger partial charge in [-0.2, -0.15) is 4.98 Å². The van der Waals surface area contributed by atoms with E-state index < -0.39 is 0 Å². The normalized spacial score (nSPS) is 19.9. The number of nitrogens with two attached hydrogens (primary N) is 1. The number of hydrogen-bond acceptors (Lipinski definition) is 5. The molecule has 1 atom stereocenters. The molecule has 2 N–H and O–H groups in total. The average Bonchev–Trinajstić information content (AvgIpc) is 2.39. The third kappa shape index (κ3) is 3.10. The Morgan fingerprint density at radius 1 is 1.50 bits per heavy atom. The van der Waals surface area contributed by atoms with Gasteiger partial charge in [0.2, 0.25) is 5.95 Å². The maximum absolute atomic E-state index is 5.66. The Morgan fingerprint density at radius 3 is 3.06 bits per heavy atom. The standard InChI is InChI=1S/C13H23N5/c1-17(2)13-15-8-6-12(16-13)18-9-3-4-11(10-18)5-7-14/h6,8,11H,3-5,7,9-10,14H2,1-2H3. The maximum atomic E-state index is 5.66. The van der Waals surface area contributed by atoms with Gasteiger partial charge in [0.15, 0.2) is 0 Å². The van der Waals surface area contributed by atoms with E-state index in [0.29, 0.717) is 5.92 Å². The van der Waals surface area contributed by atoms with Crippen LogP contribution >= 0.6 is 0 Å². The minimum absolute atomic E-state index is 0.710. The SMILES string of the molecule is CN(C)c1nccc(N2CCCC(CCN)C2)n1. The lowest BCUT2D eigenvalue weighted by Gasteiger charge is -2.33. The van der Waals surface area contributed by atoms with Crippen LogP contribution in [-0.4, -0.2) is 43.7 Å². The molecule has 0 amide bonds. The van der Waals surface area contributed by atoms with Crippen molar-refractivity contribution in [1.82, 2.24) is 9.97 Å². The molecule has 1 aromatic heterocycles. The predicted octanol–water partition coefficient (Wildman–Crippen LogP) is 1.11. The number of anilines is 2. The van der Waals surface area contributed by atoms with E-state index in [9.17, 15) is 0 Å². The third-order valence-corrected chi connectivity index (χ3v) is 3.45. The van der Waals surface area contributed by atoms with Crippen molar-refractivity contribution in [3.8, 4) is 0 Å². The Labute approximate surface area is 109 Å². The molecule has 100 valence electrons. The van der Waals surface area contributed by atoms with E-state index in [4.69, 9.17) is 5.73 Å². The molecular weight excluding hydrogens is 226 g/mol. The van der Waals surface area contributed by atoms with Gasteiger partial charge in [-0.3, -0.25) is 0 Å². The van der Waals surface area contributed by atoms with Crippen molar-refractivity contribution in [1.29, 1.82) is 0 Å². The number of nitrogens with zero attached hydrogens (tertiary/aromatic N) is 4. The number of piperidine rings is 1. The molecule has 2 heterocycles. The Hall–Kier alpha value is -1.36. The zero-order valence-corrected chi connectivity index (χ0v) is 11.3. The lowest BCUT2D eigenvalue weighted by molar-refractivity contribution is 0.394. The number of hydrogen-bond donors (Lipinski definition) is 1. The van der Waals surface area contributed by atoms with E-state index in [0.717, 1.165) is 37.8 Å². The highest BCUT2D eigenvalue weighted by Gasteiger charge is 2.20. The van der Waals surface area contributed by atoms with Crippen LogP contribution in [0.25, 0.3) is 0 Å². The van der Waals surface area contributed by atoms with E-state index in [2.05, 4.69) is 14.9 Å². The first-order chi connectivity index (χ1) is 8.70. The van der Waals surface area contributed by atoms with Crippen LogP contribution in [0, 0.1) is 5.92 Å². The average molecular weight is 249 g/mol. The van der Waals surface area contributed by atoms with Gasteiger partial charge in [0, 0.05) is 33.4 Å². The summed E-state index contributed by atoms with van der Waals surface area (Å²) in [4.78, 5) is 13.2. The Balaban J connectivity index is 2.08. The van der Waals surface area contributed by atoms with Gasteiger partial charge in [0.1, 0.15) is 5.82 Å². The summed E-state index contributed by atoms with van der Waals surface area (Å²) in [6.07, 6.45) is 5.47. The zero-order chi connectivity index (χ0) is 13.0. The minimum atomic E-state index is 0.710. The van der Waals surface area contributed by atoms with E-state index >= 15 is 0 Å². The van der Waals surface area contributed by atoms with Crippen molar-refractivity contribution in [2.45, 2.75) is 19.3 Å². The Bertz CT molecular complexity index is 377. The summed E-state index contributed by atoms with van der Waals surface area (Å²) in [5, 5.41) is 0. The van der Waals surface area contributed by atoms with Crippen LogP contribution in [0.5, 0.6) is 0 Å². The molecular formula is C13H23N5. The molecule has 5 heteroatoms. The Morgan fingerprint density at radius 2 is 2.33 bits per heavy atom. The molecule has 1 unspecified atom stereocenters. The van der Waals surface area contributed by atoms with Crippen molar-refractivity contribution in [2.75, 3.05) is 43.5 Å². The van der Waals surface area contributed by atoms with E-state index in [1.54, 1.807) is 0 Å². The fourth-order valence-electron chi connectivity index (χ4n) is 2.48. The largest absolute Gasteiger partial charge is 0.356 e. The monoisotopic (exact) mass is 249 g/mol. The molecule has 18 heavy (non-hydrogen) atoms. The van der Waals surface area contributed by atoms with Crippen molar-refractivity contribution in [3.63, 3.8) is 0 Å². The van der Waals surface area contributed by atoms with Crippen LogP contribution in [0.4, 0.5) is 11.8 Å².